The zero-order chi connectivity index (χ0) is 25.6. The number of rotatable bonds is 6. The topological polar surface area (TPSA) is 219 Å². The molecule has 180 valence electrons. The van der Waals surface area contributed by atoms with Crippen molar-refractivity contribution in [2.24, 2.45) is 0 Å². The number of anilines is 4. The third-order valence-electron chi connectivity index (χ3n) is 4.41. The highest BCUT2D eigenvalue weighted by atomic mass is 79.9. The van der Waals surface area contributed by atoms with Crippen molar-refractivity contribution in [1.82, 2.24) is 0 Å². The molecule has 0 atom stereocenters. The van der Waals surface area contributed by atoms with E-state index in [1.54, 1.807) is 0 Å². The van der Waals surface area contributed by atoms with Gasteiger partial charge in [-0.05, 0) is 68.3 Å². The molecular formula is C18H14Br2N4O8S2. The number of carbonyl (C=O) groups is 2. The van der Waals surface area contributed by atoms with Gasteiger partial charge in [0.2, 0.25) is 11.6 Å². The molecule has 2 aromatic carbocycles. The maximum atomic E-state index is 12.9. The predicted molar refractivity (Wildman–Crippen MR) is 131 cm³/mol. The van der Waals surface area contributed by atoms with Gasteiger partial charge < -0.3 is 22.1 Å². The van der Waals surface area contributed by atoms with E-state index in [1.165, 1.54) is 24.3 Å². The van der Waals surface area contributed by atoms with E-state index in [0.29, 0.717) is 0 Å². The van der Waals surface area contributed by atoms with E-state index in [0.717, 1.165) is 12.1 Å². The maximum Gasteiger partial charge on any atom is 0.296 e. The van der Waals surface area contributed by atoms with Crippen LogP contribution in [-0.2, 0) is 29.8 Å². The minimum Gasteiger partial charge on any atom is -0.398 e. The Labute approximate surface area is 209 Å². The molecule has 12 nitrogen and oxygen atoms in total. The van der Waals surface area contributed by atoms with Crippen molar-refractivity contribution in [2.75, 3.05) is 22.1 Å². The Balaban J connectivity index is 1.96. The summed E-state index contributed by atoms with van der Waals surface area (Å²) in [6.45, 7) is 0. The van der Waals surface area contributed by atoms with Crippen LogP contribution < -0.4 is 22.1 Å². The van der Waals surface area contributed by atoms with E-state index in [9.17, 15) is 35.5 Å². The Kier molecular flexibility index (Phi) is 6.94. The van der Waals surface area contributed by atoms with Crippen LogP contribution in [0.2, 0.25) is 0 Å². The molecule has 0 fully saturated rings. The van der Waals surface area contributed by atoms with Crippen molar-refractivity contribution in [2.45, 2.75) is 9.79 Å². The highest BCUT2D eigenvalue weighted by Gasteiger charge is 2.33. The lowest BCUT2D eigenvalue weighted by atomic mass is 10.1. The number of allylic oxidation sites excluding steroid dienone is 2. The van der Waals surface area contributed by atoms with E-state index in [-0.39, 0.29) is 43.1 Å². The molecule has 0 aromatic heterocycles. The first-order chi connectivity index (χ1) is 15.6. The molecule has 0 spiro atoms. The van der Waals surface area contributed by atoms with Crippen LogP contribution in [0.15, 0.2) is 66.5 Å². The fourth-order valence-electron chi connectivity index (χ4n) is 2.83. The molecule has 3 rings (SSSR count). The fourth-order valence-corrected chi connectivity index (χ4v) is 5.07. The second kappa shape index (κ2) is 9.12. The highest BCUT2D eigenvalue weighted by molar-refractivity contribution is 9.12. The number of hydrogen-bond acceptors (Lipinski definition) is 10. The summed E-state index contributed by atoms with van der Waals surface area (Å²) in [7, 11) is -9.30. The molecule has 0 saturated carbocycles. The van der Waals surface area contributed by atoms with E-state index in [1.807, 2.05) is 0 Å². The third-order valence-corrected chi connectivity index (χ3v) is 7.75. The van der Waals surface area contributed by atoms with Gasteiger partial charge in [-0.25, -0.2) is 0 Å². The minimum absolute atomic E-state index is 0.0305. The molecule has 2 aromatic rings. The molecule has 0 heterocycles. The van der Waals surface area contributed by atoms with Crippen molar-refractivity contribution in [1.29, 1.82) is 0 Å². The Hall–Kier alpha value is -2.76. The number of nitrogen functional groups attached to an aromatic ring is 2. The molecule has 8 N–H and O–H groups in total. The molecule has 0 unspecified atom stereocenters. The van der Waals surface area contributed by atoms with Gasteiger partial charge in [0.05, 0.1) is 20.3 Å². The summed E-state index contributed by atoms with van der Waals surface area (Å²) in [6.07, 6.45) is 0. The van der Waals surface area contributed by atoms with Crippen LogP contribution in [0.1, 0.15) is 0 Å². The van der Waals surface area contributed by atoms with Crippen LogP contribution in [0.25, 0.3) is 0 Å². The SMILES string of the molecule is Nc1ccc(NC2=C(Br)C(=O)C(Nc3ccc(N)c(S(=O)(=O)O)c3)=C(Br)C2=O)cc1S(=O)(=O)O. The molecule has 0 saturated heterocycles. The molecule has 0 bridgehead atoms. The first kappa shape index (κ1) is 25.9. The number of benzene rings is 2. The minimum atomic E-state index is -4.65. The first-order valence-electron chi connectivity index (χ1n) is 8.78. The fraction of sp³-hybridized carbons (Fsp3) is 0. The van der Waals surface area contributed by atoms with E-state index >= 15 is 0 Å². The van der Waals surface area contributed by atoms with Crippen molar-refractivity contribution < 1.29 is 35.5 Å². The number of carbonyl (C=O) groups excluding carboxylic acids is 2. The van der Waals surface area contributed by atoms with Crippen LogP contribution >= 0.6 is 31.9 Å². The van der Waals surface area contributed by atoms with Crippen LogP contribution in [-0.4, -0.2) is 37.5 Å². The van der Waals surface area contributed by atoms with E-state index < -0.39 is 41.6 Å². The van der Waals surface area contributed by atoms with Gasteiger partial charge in [0.1, 0.15) is 21.2 Å². The number of hydrogen-bond donors (Lipinski definition) is 6. The predicted octanol–water partition coefficient (Wildman–Crippen LogP) is 2.23. The van der Waals surface area contributed by atoms with Crippen LogP contribution in [0.4, 0.5) is 22.7 Å². The normalized spacial score (nSPS) is 15.1. The van der Waals surface area contributed by atoms with Gasteiger partial charge in [0.25, 0.3) is 20.2 Å². The Morgan fingerprint density at radius 3 is 1.29 bits per heavy atom. The average molecular weight is 638 g/mol. The van der Waals surface area contributed by atoms with Crippen LogP contribution in [0.5, 0.6) is 0 Å². The summed E-state index contributed by atoms with van der Waals surface area (Å²) < 4.78 is 64.0. The summed E-state index contributed by atoms with van der Waals surface area (Å²) in [6, 6.07) is 6.97. The van der Waals surface area contributed by atoms with Gasteiger partial charge in [-0.1, -0.05) is 0 Å². The van der Waals surface area contributed by atoms with Gasteiger partial charge in [0, 0.05) is 11.4 Å². The van der Waals surface area contributed by atoms with Gasteiger partial charge in [0.15, 0.2) is 0 Å². The number of halogens is 2. The smallest absolute Gasteiger partial charge is 0.296 e. The zero-order valence-electron chi connectivity index (χ0n) is 16.5. The number of ketones is 2. The molecular weight excluding hydrogens is 624 g/mol. The summed E-state index contributed by atoms with van der Waals surface area (Å²) >= 11 is 6.07. The van der Waals surface area contributed by atoms with Crippen LogP contribution in [0.3, 0.4) is 0 Å². The van der Waals surface area contributed by atoms with Crippen molar-refractivity contribution in [3.63, 3.8) is 0 Å². The standard InChI is InChI=1S/C18H14Br2N4O8S2/c19-13-15(23-7-1-3-9(21)11(5-7)33(27,28)29)17(25)14(20)16(18(13)26)24-8-2-4-10(22)12(6-8)34(30,31)32/h1-6,23-24H,21-22H2,(H,27,28,29)(H,30,31,32). The lowest BCUT2D eigenvalue weighted by molar-refractivity contribution is -0.115. The summed E-state index contributed by atoms with van der Waals surface area (Å²) in [4.78, 5) is 24.6. The molecule has 0 radical (unpaired) electrons. The van der Waals surface area contributed by atoms with Crippen molar-refractivity contribution in [3.05, 3.63) is 56.8 Å². The van der Waals surface area contributed by atoms with Crippen LogP contribution in [0, 0.1) is 0 Å². The molecule has 0 amide bonds. The second-order valence-electron chi connectivity index (χ2n) is 6.74. The lowest BCUT2D eigenvalue weighted by Gasteiger charge is -2.21. The Morgan fingerprint density at radius 2 is 1.00 bits per heavy atom. The van der Waals surface area contributed by atoms with Gasteiger partial charge in [-0.3, -0.25) is 18.7 Å². The quantitative estimate of drug-likeness (QED) is 0.153. The zero-order valence-corrected chi connectivity index (χ0v) is 21.3. The Bertz CT molecular complexity index is 1420. The monoisotopic (exact) mass is 636 g/mol. The number of nitrogens with two attached hydrogens (primary N) is 2. The maximum absolute atomic E-state index is 12.9. The van der Waals surface area contributed by atoms with E-state index in [2.05, 4.69) is 42.5 Å². The summed E-state index contributed by atoms with van der Waals surface area (Å²) in [5.74, 6) is -1.46. The van der Waals surface area contributed by atoms with E-state index in [4.69, 9.17) is 11.5 Å². The highest BCUT2D eigenvalue weighted by Crippen LogP contribution is 2.34. The molecule has 1 aliphatic carbocycles. The second-order valence-corrected chi connectivity index (χ2v) is 11.1. The summed E-state index contributed by atoms with van der Waals surface area (Å²) in [5.41, 5.74) is 10.2. The Morgan fingerprint density at radius 1 is 0.676 bits per heavy atom. The lowest BCUT2D eigenvalue weighted by Crippen LogP contribution is -2.27. The third kappa shape index (κ3) is 5.16. The van der Waals surface area contributed by atoms with Crippen molar-refractivity contribution >= 4 is 86.4 Å². The molecule has 34 heavy (non-hydrogen) atoms. The largest absolute Gasteiger partial charge is 0.398 e. The van der Waals surface area contributed by atoms with Crippen molar-refractivity contribution in [3.8, 4) is 0 Å². The molecule has 0 aliphatic heterocycles. The number of Topliss-reactive ketones (excluding diaryl/α,β-unsaturated/α-hetero) is 2. The molecule has 1 aliphatic rings. The van der Waals surface area contributed by atoms with Gasteiger partial charge >= 0.3 is 0 Å². The molecule has 16 heteroatoms. The van der Waals surface area contributed by atoms with Gasteiger partial charge in [-0.15, -0.1) is 0 Å². The van der Waals surface area contributed by atoms with Gasteiger partial charge in [-0.2, -0.15) is 16.8 Å². The number of nitrogens with one attached hydrogen (secondary N) is 2. The first-order valence-corrected chi connectivity index (χ1v) is 13.2. The summed E-state index contributed by atoms with van der Waals surface area (Å²) in [5, 5.41) is 5.22. The average Bonchev–Trinajstić information content (AvgIpc) is 2.73.